The van der Waals surface area contributed by atoms with Gasteiger partial charge in [-0.25, -0.2) is 0 Å². The number of fused-ring (bicyclic) bond motifs is 6. The van der Waals surface area contributed by atoms with Crippen molar-refractivity contribution in [1.82, 2.24) is 9.58 Å². The Bertz CT molecular complexity index is 994. The number of aromatic nitrogens is 1. The molecule has 2 aromatic rings. The molecule has 1 aromatic carbocycles. The van der Waals surface area contributed by atoms with Crippen LogP contribution in [-0.2, 0) is 15.1 Å². The normalized spacial score (nSPS) is 29.7. The SMILES string of the molecule is CC(C)(C)n1cc(C=NN2C(=O)C3C4C=CC(C4)C3C2=O)c2ccccc21. The van der Waals surface area contributed by atoms with Gasteiger partial charge < -0.3 is 4.57 Å². The average Bonchev–Trinajstić information content (AvgIpc) is 3.36. The van der Waals surface area contributed by atoms with Crippen molar-refractivity contribution in [2.75, 3.05) is 0 Å². The van der Waals surface area contributed by atoms with Gasteiger partial charge in [-0.3, -0.25) is 9.59 Å². The zero-order chi connectivity index (χ0) is 18.9. The highest BCUT2D eigenvalue weighted by molar-refractivity contribution is 6.07. The van der Waals surface area contributed by atoms with Crippen molar-refractivity contribution in [2.24, 2.45) is 28.8 Å². The largest absolute Gasteiger partial charge is 0.342 e. The molecule has 2 bridgehead atoms. The number of hydrogen-bond donors (Lipinski definition) is 0. The minimum atomic E-state index is -0.208. The van der Waals surface area contributed by atoms with Crippen LogP contribution in [0.1, 0.15) is 32.8 Å². The summed E-state index contributed by atoms with van der Waals surface area (Å²) in [5.41, 5.74) is 1.95. The minimum absolute atomic E-state index is 0.0765. The highest BCUT2D eigenvalue weighted by Crippen LogP contribution is 2.52. The van der Waals surface area contributed by atoms with Crippen LogP contribution in [0.5, 0.6) is 0 Å². The van der Waals surface area contributed by atoms with Gasteiger partial charge in [0.2, 0.25) is 0 Å². The second kappa shape index (κ2) is 5.41. The predicted molar refractivity (Wildman–Crippen MR) is 104 cm³/mol. The molecule has 2 fully saturated rings. The third kappa shape index (κ3) is 2.27. The van der Waals surface area contributed by atoms with E-state index in [9.17, 15) is 9.59 Å². The number of rotatable bonds is 2. The number of imide groups is 1. The first-order valence-electron chi connectivity index (χ1n) is 9.57. The van der Waals surface area contributed by atoms with Gasteiger partial charge in [0.1, 0.15) is 0 Å². The van der Waals surface area contributed by atoms with Crippen LogP contribution in [0.15, 0.2) is 47.7 Å². The van der Waals surface area contributed by atoms with Crippen LogP contribution in [0.25, 0.3) is 10.9 Å². The molecule has 27 heavy (non-hydrogen) atoms. The molecule has 2 heterocycles. The Balaban J connectivity index is 1.51. The summed E-state index contributed by atoms with van der Waals surface area (Å²) >= 11 is 0. The van der Waals surface area contributed by atoms with Gasteiger partial charge in [0.25, 0.3) is 11.8 Å². The van der Waals surface area contributed by atoms with Crippen LogP contribution in [0.4, 0.5) is 0 Å². The quantitative estimate of drug-likeness (QED) is 0.467. The highest BCUT2D eigenvalue weighted by Gasteiger charge is 2.59. The maximum absolute atomic E-state index is 12.8. The standard InChI is InChI=1S/C22H23N3O2/c1-22(2,3)24-12-15(16-6-4-5-7-17(16)24)11-23-25-20(26)18-13-8-9-14(10-13)19(18)21(25)27/h4-9,11-14,18-19H,10H2,1-3H3. The van der Waals surface area contributed by atoms with Crippen LogP contribution in [0.2, 0.25) is 0 Å². The molecule has 138 valence electrons. The second-order valence-corrected chi connectivity index (χ2v) is 8.88. The van der Waals surface area contributed by atoms with E-state index in [4.69, 9.17) is 0 Å². The molecule has 0 radical (unpaired) electrons. The molecular weight excluding hydrogens is 338 g/mol. The van der Waals surface area contributed by atoms with Crippen molar-refractivity contribution in [3.05, 3.63) is 48.2 Å². The molecular formula is C22H23N3O2. The molecule has 2 amide bonds. The Morgan fingerprint density at radius 2 is 1.67 bits per heavy atom. The Kier molecular flexibility index (Phi) is 3.30. The molecule has 5 nitrogen and oxygen atoms in total. The van der Waals surface area contributed by atoms with Crippen LogP contribution in [0, 0.1) is 23.7 Å². The van der Waals surface area contributed by atoms with E-state index >= 15 is 0 Å². The van der Waals surface area contributed by atoms with Crippen LogP contribution in [0.3, 0.4) is 0 Å². The minimum Gasteiger partial charge on any atom is -0.342 e. The Morgan fingerprint density at radius 3 is 2.30 bits per heavy atom. The van der Waals surface area contributed by atoms with Gasteiger partial charge in [0.05, 0.1) is 18.1 Å². The van der Waals surface area contributed by atoms with E-state index in [1.807, 2.05) is 24.4 Å². The fourth-order valence-electron chi connectivity index (χ4n) is 4.98. The molecule has 2 aliphatic carbocycles. The molecule has 4 atom stereocenters. The predicted octanol–water partition coefficient (Wildman–Crippen LogP) is 3.54. The number of nitrogens with zero attached hydrogens (tertiary/aromatic N) is 3. The summed E-state index contributed by atoms with van der Waals surface area (Å²) in [7, 11) is 0. The second-order valence-electron chi connectivity index (χ2n) is 8.88. The van der Waals surface area contributed by atoms with E-state index in [0.29, 0.717) is 0 Å². The highest BCUT2D eigenvalue weighted by atomic mass is 16.2. The molecule has 4 unspecified atom stereocenters. The molecule has 0 spiro atoms. The van der Waals surface area contributed by atoms with Crippen molar-refractivity contribution in [2.45, 2.75) is 32.7 Å². The van der Waals surface area contributed by atoms with Crippen LogP contribution >= 0.6 is 0 Å². The topological polar surface area (TPSA) is 54.7 Å². The first-order chi connectivity index (χ1) is 12.9. The van der Waals surface area contributed by atoms with Crippen molar-refractivity contribution < 1.29 is 9.59 Å². The van der Waals surface area contributed by atoms with Gasteiger partial charge in [-0.15, -0.1) is 0 Å². The van der Waals surface area contributed by atoms with E-state index in [1.54, 1.807) is 6.21 Å². The van der Waals surface area contributed by atoms with Gasteiger partial charge in [0.15, 0.2) is 0 Å². The number of carbonyl (C=O) groups excluding carboxylic acids is 2. The zero-order valence-electron chi connectivity index (χ0n) is 15.8. The first kappa shape index (κ1) is 16.5. The van der Waals surface area contributed by atoms with Crippen LogP contribution in [-0.4, -0.2) is 27.6 Å². The summed E-state index contributed by atoms with van der Waals surface area (Å²) in [6.45, 7) is 6.45. The summed E-state index contributed by atoms with van der Waals surface area (Å²) in [4.78, 5) is 25.6. The monoisotopic (exact) mass is 361 g/mol. The van der Waals surface area contributed by atoms with Crippen molar-refractivity contribution in [3.63, 3.8) is 0 Å². The number of amides is 2. The van der Waals surface area contributed by atoms with Crippen LogP contribution < -0.4 is 0 Å². The zero-order valence-corrected chi connectivity index (χ0v) is 15.8. The van der Waals surface area contributed by atoms with Crippen molar-refractivity contribution >= 4 is 28.9 Å². The average molecular weight is 361 g/mol. The lowest BCUT2D eigenvalue weighted by molar-refractivity contribution is -0.140. The number of para-hydroxylation sites is 1. The maximum Gasteiger partial charge on any atom is 0.254 e. The number of hydrogen-bond acceptors (Lipinski definition) is 3. The van der Waals surface area contributed by atoms with Gasteiger partial charge in [-0.05, 0) is 45.1 Å². The third-order valence-electron chi connectivity index (χ3n) is 6.22. The molecule has 3 aliphatic rings. The molecule has 1 saturated carbocycles. The number of hydrazone groups is 1. The van der Waals surface area contributed by atoms with Gasteiger partial charge in [0, 0.05) is 28.2 Å². The molecule has 1 saturated heterocycles. The summed E-state index contributed by atoms with van der Waals surface area (Å²) in [6.07, 6.45) is 8.84. The van der Waals surface area contributed by atoms with Crippen molar-refractivity contribution in [1.29, 1.82) is 0 Å². The fraction of sp³-hybridized carbons (Fsp3) is 0.409. The van der Waals surface area contributed by atoms with Crippen molar-refractivity contribution in [3.8, 4) is 0 Å². The number of carbonyl (C=O) groups is 2. The molecule has 1 aliphatic heterocycles. The molecule has 5 heteroatoms. The smallest absolute Gasteiger partial charge is 0.254 e. The lowest BCUT2D eigenvalue weighted by atomic mass is 9.85. The van der Waals surface area contributed by atoms with Gasteiger partial charge in [-0.1, -0.05) is 30.4 Å². The van der Waals surface area contributed by atoms with E-state index in [2.05, 4.69) is 48.7 Å². The lowest BCUT2D eigenvalue weighted by Crippen LogP contribution is -2.28. The van der Waals surface area contributed by atoms with E-state index in [1.165, 1.54) is 0 Å². The Morgan fingerprint density at radius 1 is 1.04 bits per heavy atom. The lowest BCUT2D eigenvalue weighted by Gasteiger charge is -2.22. The fourth-order valence-corrected chi connectivity index (χ4v) is 4.98. The maximum atomic E-state index is 12.8. The summed E-state index contributed by atoms with van der Waals surface area (Å²) < 4.78 is 2.20. The summed E-state index contributed by atoms with van der Waals surface area (Å²) in [5, 5.41) is 6.53. The summed E-state index contributed by atoms with van der Waals surface area (Å²) in [6, 6.07) is 8.14. The molecule has 5 rings (SSSR count). The number of allylic oxidation sites excluding steroid dienone is 2. The number of benzene rings is 1. The van der Waals surface area contributed by atoms with Gasteiger partial charge in [-0.2, -0.15) is 10.1 Å². The Labute approximate surface area is 158 Å². The summed E-state index contributed by atoms with van der Waals surface area (Å²) in [5.74, 6) is -0.282. The molecule has 1 aromatic heterocycles. The third-order valence-corrected chi connectivity index (χ3v) is 6.22. The first-order valence-corrected chi connectivity index (χ1v) is 9.57. The molecule has 0 N–H and O–H groups in total. The Hall–Kier alpha value is -2.69. The van der Waals surface area contributed by atoms with E-state index in [0.717, 1.165) is 27.9 Å². The van der Waals surface area contributed by atoms with E-state index < -0.39 is 0 Å². The van der Waals surface area contributed by atoms with E-state index in [-0.39, 0.29) is 41.0 Å². The van der Waals surface area contributed by atoms with Gasteiger partial charge >= 0.3 is 0 Å².